The summed E-state index contributed by atoms with van der Waals surface area (Å²) in [6.45, 7) is 8.29. The molecule has 0 aromatic heterocycles. The fourth-order valence-corrected chi connectivity index (χ4v) is 4.42. The van der Waals surface area contributed by atoms with Gasteiger partial charge in [0.1, 0.15) is 23.7 Å². The molecule has 2 aliphatic heterocycles. The Hall–Kier alpha value is -2.76. The number of aromatic hydroxyl groups is 4. The van der Waals surface area contributed by atoms with Gasteiger partial charge in [-0.1, -0.05) is 27.7 Å². The topological polar surface area (TPSA) is 99.4 Å². The second-order valence-corrected chi connectivity index (χ2v) is 9.16. The molecule has 0 amide bonds. The van der Waals surface area contributed by atoms with Crippen LogP contribution in [0, 0.1) is 0 Å². The Morgan fingerprint density at radius 2 is 0.964 bits per heavy atom. The molecule has 0 fully saturated rings. The summed E-state index contributed by atoms with van der Waals surface area (Å²) in [7, 11) is 0. The van der Waals surface area contributed by atoms with Crippen LogP contribution in [0.3, 0.4) is 0 Å². The number of ether oxygens (including phenoxy) is 2. The number of benzene rings is 2. The smallest absolute Gasteiger partial charge is 0.161 e. The van der Waals surface area contributed by atoms with Crippen molar-refractivity contribution in [3.05, 3.63) is 35.4 Å². The average molecular weight is 386 g/mol. The van der Waals surface area contributed by atoms with Gasteiger partial charge >= 0.3 is 0 Å². The van der Waals surface area contributed by atoms with E-state index in [1.54, 1.807) is 12.1 Å². The molecule has 0 saturated heterocycles. The van der Waals surface area contributed by atoms with Gasteiger partial charge in [0.05, 0.1) is 0 Å². The maximum Gasteiger partial charge on any atom is 0.161 e. The zero-order valence-corrected chi connectivity index (χ0v) is 16.5. The lowest BCUT2D eigenvalue weighted by Gasteiger charge is -2.45. The minimum Gasteiger partial charge on any atom is -0.504 e. The second-order valence-electron chi connectivity index (χ2n) is 9.16. The fourth-order valence-electron chi connectivity index (χ4n) is 4.42. The van der Waals surface area contributed by atoms with E-state index in [0.29, 0.717) is 24.3 Å². The van der Waals surface area contributed by atoms with Crippen molar-refractivity contribution in [3.63, 3.8) is 0 Å². The molecule has 0 spiro atoms. The molecule has 4 rings (SSSR count). The Bertz CT molecular complexity index is 869. The maximum atomic E-state index is 9.90. The number of rotatable bonds is 1. The number of phenols is 4. The Morgan fingerprint density at radius 3 is 1.32 bits per heavy atom. The Kier molecular flexibility index (Phi) is 3.90. The highest BCUT2D eigenvalue weighted by atomic mass is 16.5. The Balaban J connectivity index is 1.70. The minimum absolute atomic E-state index is 0.159. The van der Waals surface area contributed by atoms with Crippen molar-refractivity contribution in [3.8, 4) is 34.5 Å². The molecule has 4 N–H and O–H groups in total. The van der Waals surface area contributed by atoms with Gasteiger partial charge in [-0.05, 0) is 35.8 Å². The van der Waals surface area contributed by atoms with Crippen molar-refractivity contribution in [2.24, 2.45) is 0 Å². The van der Waals surface area contributed by atoms with Gasteiger partial charge in [-0.15, -0.1) is 0 Å². The van der Waals surface area contributed by atoms with Crippen LogP contribution in [-0.4, -0.2) is 32.6 Å². The van der Waals surface area contributed by atoms with Crippen molar-refractivity contribution in [1.29, 1.82) is 0 Å². The lowest BCUT2D eigenvalue weighted by atomic mass is 9.72. The number of hydrogen-bond acceptors (Lipinski definition) is 6. The van der Waals surface area contributed by atoms with Gasteiger partial charge in [-0.25, -0.2) is 0 Å². The molecule has 2 unspecified atom stereocenters. The predicted octanol–water partition coefficient (Wildman–Crippen LogP) is 4.07. The van der Waals surface area contributed by atoms with E-state index in [1.807, 2.05) is 0 Å². The molecule has 28 heavy (non-hydrogen) atoms. The van der Waals surface area contributed by atoms with Crippen LogP contribution in [-0.2, 0) is 10.8 Å². The van der Waals surface area contributed by atoms with Gasteiger partial charge in [0, 0.05) is 23.3 Å². The summed E-state index contributed by atoms with van der Waals surface area (Å²) in [5.74, 6) is 0.326. The quantitative estimate of drug-likeness (QED) is 0.552. The van der Waals surface area contributed by atoms with E-state index >= 15 is 0 Å². The first-order valence-electron chi connectivity index (χ1n) is 9.44. The van der Waals surface area contributed by atoms with Crippen LogP contribution in [0.15, 0.2) is 24.3 Å². The van der Waals surface area contributed by atoms with Gasteiger partial charge in [0.15, 0.2) is 23.0 Å². The highest BCUT2D eigenvalue weighted by Crippen LogP contribution is 2.50. The summed E-state index contributed by atoms with van der Waals surface area (Å²) in [6.07, 6.45) is 0.805. The van der Waals surface area contributed by atoms with E-state index in [-0.39, 0.29) is 46.0 Å². The number of hydrogen-bond donors (Lipinski definition) is 4. The second kappa shape index (κ2) is 5.87. The number of fused-ring (bicyclic) bond motifs is 2. The minimum atomic E-state index is -0.283. The summed E-state index contributed by atoms with van der Waals surface area (Å²) < 4.78 is 12.4. The highest BCUT2D eigenvalue weighted by Gasteiger charge is 2.44. The lowest BCUT2D eigenvalue weighted by molar-refractivity contribution is -0.00276. The zero-order chi connectivity index (χ0) is 20.4. The van der Waals surface area contributed by atoms with Crippen LogP contribution >= 0.6 is 0 Å². The van der Waals surface area contributed by atoms with Crippen LogP contribution in [0.25, 0.3) is 0 Å². The molecule has 6 nitrogen and oxygen atoms in total. The molecule has 6 heteroatoms. The highest BCUT2D eigenvalue weighted by molar-refractivity contribution is 5.54. The van der Waals surface area contributed by atoms with Crippen LogP contribution in [0.5, 0.6) is 34.5 Å². The molecule has 2 atom stereocenters. The molecule has 0 aliphatic carbocycles. The fraction of sp³-hybridized carbons (Fsp3) is 0.455. The normalized spacial score (nSPS) is 24.4. The first-order valence-corrected chi connectivity index (χ1v) is 9.44. The summed E-state index contributed by atoms with van der Waals surface area (Å²) in [4.78, 5) is 0. The number of phenolic OH excluding ortho intramolecular Hbond substituents is 4. The van der Waals surface area contributed by atoms with E-state index in [1.165, 1.54) is 12.1 Å². The monoisotopic (exact) mass is 386 g/mol. The van der Waals surface area contributed by atoms with Gasteiger partial charge in [0.2, 0.25) is 0 Å². The van der Waals surface area contributed by atoms with Crippen molar-refractivity contribution in [2.45, 2.75) is 63.6 Å². The molecular weight excluding hydrogens is 360 g/mol. The van der Waals surface area contributed by atoms with E-state index < -0.39 is 0 Å². The largest absolute Gasteiger partial charge is 0.504 e. The molecule has 2 aromatic rings. The van der Waals surface area contributed by atoms with Crippen LogP contribution in [0.4, 0.5) is 0 Å². The van der Waals surface area contributed by atoms with Gasteiger partial charge < -0.3 is 29.9 Å². The van der Waals surface area contributed by atoms with Crippen molar-refractivity contribution >= 4 is 0 Å². The third kappa shape index (κ3) is 2.87. The van der Waals surface area contributed by atoms with E-state index in [4.69, 9.17) is 9.47 Å². The van der Waals surface area contributed by atoms with E-state index in [0.717, 1.165) is 11.1 Å². The van der Waals surface area contributed by atoms with Crippen LogP contribution in [0.1, 0.15) is 51.7 Å². The van der Waals surface area contributed by atoms with Crippen molar-refractivity contribution < 1.29 is 29.9 Å². The Labute approximate surface area is 164 Å². The molecular formula is C22H26O6. The molecule has 0 radical (unpaired) electrons. The first-order chi connectivity index (χ1) is 13.0. The van der Waals surface area contributed by atoms with Gasteiger partial charge in [0.25, 0.3) is 0 Å². The van der Waals surface area contributed by atoms with E-state index in [2.05, 4.69) is 27.7 Å². The van der Waals surface area contributed by atoms with Crippen molar-refractivity contribution in [2.75, 3.05) is 0 Å². The summed E-state index contributed by atoms with van der Waals surface area (Å²) in [6, 6.07) is 6.01. The van der Waals surface area contributed by atoms with Gasteiger partial charge in [-0.3, -0.25) is 0 Å². The summed E-state index contributed by atoms with van der Waals surface area (Å²) in [5.41, 5.74) is 1.12. The average Bonchev–Trinajstić information content (AvgIpc) is 2.57. The summed E-state index contributed by atoms with van der Waals surface area (Å²) in [5, 5.41) is 39.5. The van der Waals surface area contributed by atoms with Crippen molar-refractivity contribution in [1.82, 2.24) is 0 Å². The molecule has 0 saturated carbocycles. The standard InChI is InChI=1S/C22H26O6/c1-21(2)9-19(27-17-7-15(25)13(23)5-11(17)21)20-10-22(3,4)12-6-14(24)16(26)8-18(12)28-20/h5-8,19-20,23-26H,9-10H2,1-4H3. The maximum absolute atomic E-state index is 9.90. The SMILES string of the molecule is CC1(C)CC(C2CC(C)(C)c3cc(O)c(O)cc3O2)Oc2cc(O)c(O)cc21. The third-order valence-electron chi connectivity index (χ3n) is 6.01. The molecule has 2 aliphatic rings. The molecule has 150 valence electrons. The van der Waals surface area contributed by atoms with Crippen LogP contribution < -0.4 is 9.47 Å². The van der Waals surface area contributed by atoms with E-state index in [9.17, 15) is 20.4 Å². The summed E-state index contributed by atoms with van der Waals surface area (Å²) >= 11 is 0. The molecule has 2 heterocycles. The molecule has 0 bridgehead atoms. The molecule has 2 aromatic carbocycles. The first kappa shape index (κ1) is 18.6. The predicted molar refractivity (Wildman–Crippen MR) is 104 cm³/mol. The zero-order valence-electron chi connectivity index (χ0n) is 16.5. The van der Waals surface area contributed by atoms with Gasteiger partial charge in [-0.2, -0.15) is 0 Å². The van der Waals surface area contributed by atoms with Crippen LogP contribution in [0.2, 0.25) is 0 Å². The Morgan fingerprint density at radius 1 is 0.643 bits per heavy atom. The lowest BCUT2D eigenvalue weighted by Crippen LogP contribution is -2.48. The third-order valence-corrected chi connectivity index (χ3v) is 6.01.